The molecule has 0 N–H and O–H groups in total. The van der Waals surface area contributed by atoms with Gasteiger partial charge in [0, 0.05) is 18.1 Å². The first kappa shape index (κ1) is 16.4. The van der Waals surface area contributed by atoms with Crippen molar-refractivity contribution in [2.45, 2.75) is 31.2 Å². The zero-order valence-corrected chi connectivity index (χ0v) is 15.2. The van der Waals surface area contributed by atoms with E-state index in [0.29, 0.717) is 4.90 Å². The van der Waals surface area contributed by atoms with Crippen LogP contribution < -0.4 is 0 Å². The standard InChI is InChI=1S/C20H22N2O2S/c1-16-14-22(25(23,24)18-9-3-2-4-10-18)19-11-7-8-17(20(16)19)15-21-12-5-6-13-21/h2-4,7-11,14H,5-6,12-13,15H2,1H3. The van der Waals surface area contributed by atoms with Crippen LogP contribution in [0.2, 0.25) is 0 Å². The van der Waals surface area contributed by atoms with Crippen LogP contribution in [-0.2, 0) is 16.6 Å². The van der Waals surface area contributed by atoms with Gasteiger partial charge in [-0.15, -0.1) is 0 Å². The van der Waals surface area contributed by atoms with Crippen LogP contribution in [0.15, 0.2) is 59.6 Å². The molecule has 25 heavy (non-hydrogen) atoms. The summed E-state index contributed by atoms with van der Waals surface area (Å²) in [5.74, 6) is 0. The first-order valence-electron chi connectivity index (χ1n) is 8.70. The average molecular weight is 354 g/mol. The number of nitrogens with zero attached hydrogens (tertiary/aromatic N) is 2. The van der Waals surface area contributed by atoms with Crippen LogP contribution >= 0.6 is 0 Å². The highest BCUT2D eigenvalue weighted by molar-refractivity contribution is 7.90. The molecule has 0 spiro atoms. The molecular formula is C20H22N2O2S. The maximum atomic E-state index is 13.1. The van der Waals surface area contributed by atoms with E-state index in [2.05, 4.69) is 11.0 Å². The number of benzene rings is 2. The largest absolute Gasteiger partial charge is 0.299 e. The van der Waals surface area contributed by atoms with Gasteiger partial charge in [0.25, 0.3) is 10.0 Å². The molecule has 4 nitrogen and oxygen atoms in total. The fourth-order valence-corrected chi connectivity index (χ4v) is 5.19. The first-order valence-corrected chi connectivity index (χ1v) is 10.1. The lowest BCUT2D eigenvalue weighted by Gasteiger charge is -2.16. The zero-order chi connectivity index (χ0) is 17.4. The first-order chi connectivity index (χ1) is 12.1. The van der Waals surface area contributed by atoms with Gasteiger partial charge in [0.2, 0.25) is 0 Å². The molecule has 1 aliphatic heterocycles. The highest BCUT2D eigenvalue weighted by Gasteiger charge is 2.22. The second-order valence-electron chi connectivity index (χ2n) is 6.72. The number of aryl methyl sites for hydroxylation is 1. The van der Waals surface area contributed by atoms with Gasteiger partial charge in [-0.25, -0.2) is 12.4 Å². The summed E-state index contributed by atoms with van der Waals surface area (Å²) in [5.41, 5.74) is 2.97. The Bertz CT molecular complexity index is 1000. The van der Waals surface area contributed by atoms with Crippen LogP contribution in [0.25, 0.3) is 10.9 Å². The van der Waals surface area contributed by atoms with Gasteiger partial charge in [-0.1, -0.05) is 30.3 Å². The molecule has 4 rings (SSSR count). The molecular weight excluding hydrogens is 332 g/mol. The summed E-state index contributed by atoms with van der Waals surface area (Å²) in [6.45, 7) is 5.12. The van der Waals surface area contributed by atoms with Gasteiger partial charge in [-0.3, -0.25) is 4.90 Å². The minimum Gasteiger partial charge on any atom is -0.299 e. The summed E-state index contributed by atoms with van der Waals surface area (Å²) >= 11 is 0. The Kier molecular flexibility index (Phi) is 4.13. The fourth-order valence-electron chi connectivity index (χ4n) is 3.75. The molecule has 2 heterocycles. The quantitative estimate of drug-likeness (QED) is 0.716. The average Bonchev–Trinajstić information content (AvgIpc) is 3.24. The zero-order valence-electron chi connectivity index (χ0n) is 14.4. The smallest absolute Gasteiger partial charge is 0.268 e. The predicted molar refractivity (Wildman–Crippen MR) is 100 cm³/mol. The normalized spacial score (nSPS) is 15.9. The Morgan fingerprint density at radius 3 is 2.40 bits per heavy atom. The number of fused-ring (bicyclic) bond motifs is 1. The van der Waals surface area contributed by atoms with E-state index < -0.39 is 10.0 Å². The molecule has 0 bridgehead atoms. The van der Waals surface area contributed by atoms with Gasteiger partial charge < -0.3 is 0 Å². The third kappa shape index (κ3) is 2.87. The number of likely N-dealkylation sites (tertiary alicyclic amines) is 1. The summed E-state index contributed by atoms with van der Waals surface area (Å²) in [6.07, 6.45) is 4.25. The Morgan fingerprint density at radius 2 is 1.68 bits per heavy atom. The Labute approximate surface area is 148 Å². The predicted octanol–water partition coefficient (Wildman–Crippen LogP) is 3.78. The van der Waals surface area contributed by atoms with Crippen molar-refractivity contribution in [1.29, 1.82) is 0 Å². The van der Waals surface area contributed by atoms with Crippen LogP contribution in [0.4, 0.5) is 0 Å². The van der Waals surface area contributed by atoms with Gasteiger partial charge in [0.05, 0.1) is 10.4 Å². The molecule has 130 valence electrons. The third-order valence-electron chi connectivity index (χ3n) is 4.96. The Balaban J connectivity index is 1.84. The maximum absolute atomic E-state index is 13.1. The van der Waals surface area contributed by atoms with E-state index >= 15 is 0 Å². The van der Waals surface area contributed by atoms with Crippen molar-refractivity contribution in [3.63, 3.8) is 0 Å². The SMILES string of the molecule is Cc1cn(S(=O)(=O)c2ccccc2)c2cccc(CN3CCCC3)c12. The van der Waals surface area contributed by atoms with Gasteiger partial charge in [-0.05, 0) is 62.2 Å². The van der Waals surface area contributed by atoms with E-state index in [9.17, 15) is 8.42 Å². The van der Waals surface area contributed by atoms with Crippen molar-refractivity contribution in [2.75, 3.05) is 13.1 Å². The second kappa shape index (κ2) is 6.32. The van der Waals surface area contributed by atoms with Crippen LogP contribution in [0.3, 0.4) is 0 Å². The van der Waals surface area contributed by atoms with Crippen molar-refractivity contribution < 1.29 is 8.42 Å². The van der Waals surface area contributed by atoms with Crippen LogP contribution in [0.1, 0.15) is 24.0 Å². The maximum Gasteiger partial charge on any atom is 0.268 e. The highest BCUT2D eigenvalue weighted by atomic mass is 32.2. The lowest BCUT2D eigenvalue weighted by Crippen LogP contribution is -2.18. The molecule has 0 aliphatic carbocycles. The summed E-state index contributed by atoms with van der Waals surface area (Å²) in [4.78, 5) is 2.76. The topological polar surface area (TPSA) is 42.3 Å². The molecule has 0 unspecified atom stereocenters. The second-order valence-corrected chi connectivity index (χ2v) is 8.54. The highest BCUT2D eigenvalue weighted by Crippen LogP contribution is 2.29. The van der Waals surface area contributed by atoms with Crippen molar-refractivity contribution in [2.24, 2.45) is 0 Å². The lowest BCUT2D eigenvalue weighted by atomic mass is 10.1. The van der Waals surface area contributed by atoms with Crippen molar-refractivity contribution in [3.8, 4) is 0 Å². The van der Waals surface area contributed by atoms with Crippen molar-refractivity contribution in [1.82, 2.24) is 8.87 Å². The minimum absolute atomic E-state index is 0.317. The van der Waals surface area contributed by atoms with Crippen LogP contribution in [0.5, 0.6) is 0 Å². The molecule has 1 aliphatic rings. The molecule has 1 fully saturated rings. The van der Waals surface area contributed by atoms with Gasteiger partial charge >= 0.3 is 0 Å². The summed E-state index contributed by atoms with van der Waals surface area (Å²) in [5, 5.41) is 1.06. The van der Waals surface area contributed by atoms with Crippen LogP contribution in [0, 0.1) is 6.92 Å². The van der Waals surface area contributed by atoms with Crippen molar-refractivity contribution >= 4 is 20.9 Å². The minimum atomic E-state index is -3.59. The Hall–Kier alpha value is -2.11. The van der Waals surface area contributed by atoms with Crippen molar-refractivity contribution in [3.05, 3.63) is 65.9 Å². The molecule has 2 aromatic carbocycles. The van der Waals surface area contributed by atoms with E-state index in [0.717, 1.165) is 36.1 Å². The third-order valence-corrected chi connectivity index (χ3v) is 6.65. The number of aromatic nitrogens is 1. The molecule has 0 radical (unpaired) electrons. The van der Waals surface area contributed by atoms with Gasteiger partial charge in [-0.2, -0.15) is 0 Å². The molecule has 3 aromatic rings. The van der Waals surface area contributed by atoms with Crippen LogP contribution in [-0.4, -0.2) is 30.4 Å². The Morgan fingerprint density at radius 1 is 0.960 bits per heavy atom. The number of hydrogen-bond donors (Lipinski definition) is 0. The molecule has 5 heteroatoms. The van der Waals surface area contributed by atoms with E-state index in [1.807, 2.05) is 25.1 Å². The fraction of sp³-hybridized carbons (Fsp3) is 0.300. The lowest BCUT2D eigenvalue weighted by molar-refractivity contribution is 0.332. The number of rotatable bonds is 4. The molecule has 1 aromatic heterocycles. The van der Waals surface area contributed by atoms with E-state index in [1.165, 1.54) is 22.4 Å². The van der Waals surface area contributed by atoms with Gasteiger partial charge in [0.1, 0.15) is 0 Å². The molecule has 0 saturated carbocycles. The van der Waals surface area contributed by atoms with E-state index in [1.54, 1.807) is 30.5 Å². The molecule has 0 atom stereocenters. The summed E-state index contributed by atoms with van der Waals surface area (Å²) in [6, 6.07) is 14.6. The van der Waals surface area contributed by atoms with E-state index in [-0.39, 0.29) is 0 Å². The monoisotopic (exact) mass is 354 g/mol. The summed E-state index contributed by atoms with van der Waals surface area (Å²) < 4.78 is 27.6. The van der Waals surface area contributed by atoms with E-state index in [4.69, 9.17) is 0 Å². The summed E-state index contributed by atoms with van der Waals surface area (Å²) in [7, 11) is -3.59. The molecule has 0 amide bonds. The number of hydrogen-bond acceptors (Lipinski definition) is 3. The molecule has 1 saturated heterocycles. The van der Waals surface area contributed by atoms with Gasteiger partial charge in [0.15, 0.2) is 0 Å².